The van der Waals surface area contributed by atoms with Crippen LogP contribution in [0.4, 0.5) is 10.5 Å². The maximum absolute atomic E-state index is 12.6. The van der Waals surface area contributed by atoms with Crippen LogP contribution < -0.4 is 4.90 Å². The van der Waals surface area contributed by atoms with Gasteiger partial charge in [-0.2, -0.15) is 4.80 Å². The first kappa shape index (κ1) is 19.2. The molecule has 1 atom stereocenters. The van der Waals surface area contributed by atoms with Gasteiger partial charge in [0, 0.05) is 42.5 Å². The second-order valence-corrected chi connectivity index (χ2v) is 7.09. The highest BCUT2D eigenvalue weighted by atomic mass is 35.5. The molecule has 0 saturated carbocycles. The summed E-state index contributed by atoms with van der Waals surface area (Å²) in [7, 11) is 0. The smallest absolute Gasteiger partial charge is 0.409 e. The number of rotatable bonds is 5. The maximum atomic E-state index is 12.6. The van der Waals surface area contributed by atoms with Gasteiger partial charge in [0.15, 0.2) is 6.33 Å². The summed E-state index contributed by atoms with van der Waals surface area (Å²) in [4.78, 5) is 18.0. The third-order valence-electron chi connectivity index (χ3n) is 4.93. The van der Waals surface area contributed by atoms with Crippen LogP contribution in [0.1, 0.15) is 11.6 Å². The van der Waals surface area contributed by atoms with Crippen molar-refractivity contribution in [1.29, 1.82) is 0 Å². The minimum absolute atomic E-state index is 0.0673. The van der Waals surface area contributed by atoms with E-state index in [2.05, 4.69) is 32.4 Å². The van der Waals surface area contributed by atoms with E-state index in [4.69, 9.17) is 16.3 Å². The van der Waals surface area contributed by atoms with Gasteiger partial charge in [-0.3, -0.25) is 0 Å². The molecule has 0 radical (unpaired) electrons. The van der Waals surface area contributed by atoms with Crippen LogP contribution in [0, 0.1) is 0 Å². The topological polar surface area (TPSA) is 76.4 Å². The number of carbonyl (C=O) groups is 1. The van der Waals surface area contributed by atoms with E-state index >= 15 is 0 Å². The SMILES string of the molecule is O=C(OCC(c1ccccc1Cl)n1ncnn1)N1CCN(c2ccccc2)CC1. The molecule has 4 rings (SSSR count). The van der Waals surface area contributed by atoms with Gasteiger partial charge in [-0.05, 0) is 23.4 Å². The minimum Gasteiger partial charge on any atom is -0.447 e. The van der Waals surface area contributed by atoms with Crippen LogP contribution >= 0.6 is 11.6 Å². The van der Waals surface area contributed by atoms with E-state index in [-0.39, 0.29) is 12.7 Å². The Morgan fingerprint density at radius 2 is 1.76 bits per heavy atom. The van der Waals surface area contributed by atoms with Gasteiger partial charge >= 0.3 is 6.09 Å². The molecule has 1 aliphatic heterocycles. The van der Waals surface area contributed by atoms with Crippen molar-refractivity contribution in [3.8, 4) is 0 Å². The molecule has 1 aliphatic rings. The van der Waals surface area contributed by atoms with Crippen molar-refractivity contribution in [2.45, 2.75) is 6.04 Å². The zero-order valence-corrected chi connectivity index (χ0v) is 16.5. The van der Waals surface area contributed by atoms with Crippen molar-refractivity contribution in [1.82, 2.24) is 25.1 Å². The number of hydrogen-bond acceptors (Lipinski definition) is 6. The molecule has 0 N–H and O–H groups in total. The second-order valence-electron chi connectivity index (χ2n) is 6.68. The molecule has 1 amide bonds. The van der Waals surface area contributed by atoms with Crippen LogP contribution in [0.5, 0.6) is 0 Å². The number of anilines is 1. The van der Waals surface area contributed by atoms with E-state index in [0.29, 0.717) is 18.1 Å². The normalized spacial score (nSPS) is 15.2. The minimum atomic E-state index is -0.444. The van der Waals surface area contributed by atoms with E-state index in [0.717, 1.165) is 24.3 Å². The Labute approximate surface area is 173 Å². The molecule has 0 aliphatic carbocycles. The lowest BCUT2D eigenvalue weighted by Crippen LogP contribution is -2.49. The zero-order chi connectivity index (χ0) is 20.1. The van der Waals surface area contributed by atoms with Crippen LogP contribution in [0.25, 0.3) is 0 Å². The Bertz CT molecular complexity index is 929. The van der Waals surface area contributed by atoms with Gasteiger partial charge in [-0.15, -0.1) is 10.2 Å². The molecule has 9 heteroatoms. The lowest BCUT2D eigenvalue weighted by Gasteiger charge is -2.35. The number of nitrogens with zero attached hydrogens (tertiary/aromatic N) is 6. The molecule has 0 spiro atoms. The number of benzene rings is 2. The van der Waals surface area contributed by atoms with E-state index in [9.17, 15) is 4.79 Å². The highest BCUT2D eigenvalue weighted by Gasteiger charge is 2.25. The van der Waals surface area contributed by atoms with Crippen LogP contribution in [0.15, 0.2) is 60.9 Å². The quantitative estimate of drug-likeness (QED) is 0.641. The summed E-state index contributed by atoms with van der Waals surface area (Å²) in [5, 5.41) is 12.4. The van der Waals surface area contributed by atoms with Crippen molar-refractivity contribution in [3.05, 3.63) is 71.5 Å². The first-order valence-corrected chi connectivity index (χ1v) is 9.79. The van der Waals surface area contributed by atoms with Crippen molar-refractivity contribution in [2.24, 2.45) is 0 Å². The second kappa shape index (κ2) is 8.91. The Kier molecular flexibility index (Phi) is 5.90. The summed E-state index contributed by atoms with van der Waals surface area (Å²) in [6.07, 6.45) is 0.990. The summed E-state index contributed by atoms with van der Waals surface area (Å²) >= 11 is 6.33. The van der Waals surface area contributed by atoms with Gasteiger partial charge in [0.25, 0.3) is 0 Å². The molecular weight excluding hydrogens is 392 g/mol. The molecule has 1 aromatic heterocycles. The number of amides is 1. The Balaban J connectivity index is 1.37. The van der Waals surface area contributed by atoms with Crippen molar-refractivity contribution in [2.75, 3.05) is 37.7 Å². The third kappa shape index (κ3) is 4.48. The standard InChI is InChI=1S/C20H21ClN6O2/c21-18-9-5-4-8-17(18)19(27-23-15-22-24-27)14-29-20(28)26-12-10-25(11-13-26)16-6-2-1-3-7-16/h1-9,15,19H,10-14H2. The van der Waals surface area contributed by atoms with E-state index in [1.165, 1.54) is 11.1 Å². The summed E-state index contributed by atoms with van der Waals surface area (Å²) < 4.78 is 5.60. The summed E-state index contributed by atoms with van der Waals surface area (Å²) in [5.74, 6) is 0. The van der Waals surface area contributed by atoms with Gasteiger partial charge in [0.2, 0.25) is 0 Å². The first-order valence-electron chi connectivity index (χ1n) is 9.41. The number of halogens is 1. The third-order valence-corrected chi connectivity index (χ3v) is 5.28. The molecule has 2 heterocycles. The molecule has 3 aromatic rings. The Morgan fingerprint density at radius 3 is 2.45 bits per heavy atom. The molecule has 0 bridgehead atoms. The monoisotopic (exact) mass is 412 g/mol. The summed E-state index contributed by atoms with van der Waals surface area (Å²) in [5.41, 5.74) is 1.94. The molecule has 2 aromatic carbocycles. The highest BCUT2D eigenvalue weighted by Crippen LogP contribution is 2.25. The Hall–Kier alpha value is -3.13. The molecule has 29 heavy (non-hydrogen) atoms. The lowest BCUT2D eigenvalue weighted by atomic mass is 10.1. The number of carbonyl (C=O) groups excluding carboxylic acids is 1. The largest absolute Gasteiger partial charge is 0.447 e. The summed E-state index contributed by atoms with van der Waals surface area (Å²) in [6.45, 7) is 2.80. The fourth-order valence-electron chi connectivity index (χ4n) is 3.37. The number of ether oxygens (including phenoxy) is 1. The zero-order valence-electron chi connectivity index (χ0n) is 15.8. The van der Waals surface area contributed by atoms with E-state index in [1.807, 2.05) is 36.4 Å². The molecule has 150 valence electrons. The van der Waals surface area contributed by atoms with Gasteiger partial charge in [0.1, 0.15) is 12.6 Å². The predicted molar refractivity (Wildman–Crippen MR) is 109 cm³/mol. The van der Waals surface area contributed by atoms with Crippen LogP contribution in [-0.2, 0) is 4.74 Å². The average Bonchev–Trinajstić information content (AvgIpc) is 3.30. The summed E-state index contributed by atoms with van der Waals surface area (Å²) in [6, 6.07) is 17.1. The molecule has 1 fully saturated rings. The average molecular weight is 413 g/mol. The van der Waals surface area contributed by atoms with Crippen LogP contribution in [0.3, 0.4) is 0 Å². The molecular formula is C20H21ClN6O2. The number of hydrogen-bond donors (Lipinski definition) is 0. The number of aromatic nitrogens is 4. The lowest BCUT2D eigenvalue weighted by molar-refractivity contribution is 0.0882. The van der Waals surface area contributed by atoms with Crippen molar-refractivity contribution in [3.63, 3.8) is 0 Å². The van der Waals surface area contributed by atoms with Crippen LogP contribution in [0.2, 0.25) is 5.02 Å². The van der Waals surface area contributed by atoms with Crippen molar-refractivity contribution < 1.29 is 9.53 Å². The first-order chi connectivity index (χ1) is 14.2. The van der Waals surface area contributed by atoms with Gasteiger partial charge in [-0.25, -0.2) is 4.79 Å². The number of para-hydroxylation sites is 1. The number of tetrazole rings is 1. The van der Waals surface area contributed by atoms with Crippen LogP contribution in [-0.4, -0.2) is 64.0 Å². The fraction of sp³-hybridized carbons (Fsp3) is 0.300. The molecule has 1 saturated heterocycles. The Morgan fingerprint density at radius 1 is 1.03 bits per heavy atom. The van der Waals surface area contributed by atoms with Gasteiger partial charge < -0.3 is 14.5 Å². The highest BCUT2D eigenvalue weighted by molar-refractivity contribution is 6.31. The predicted octanol–water partition coefficient (Wildman–Crippen LogP) is 2.87. The van der Waals surface area contributed by atoms with Gasteiger partial charge in [-0.1, -0.05) is 48.0 Å². The maximum Gasteiger partial charge on any atom is 0.409 e. The fourth-order valence-corrected chi connectivity index (χ4v) is 3.63. The van der Waals surface area contributed by atoms with E-state index in [1.54, 1.807) is 11.0 Å². The number of piperazine rings is 1. The van der Waals surface area contributed by atoms with Crippen molar-refractivity contribution >= 4 is 23.4 Å². The van der Waals surface area contributed by atoms with Gasteiger partial charge in [0.05, 0.1) is 0 Å². The molecule has 8 nitrogen and oxygen atoms in total. The molecule has 1 unspecified atom stereocenters. The van der Waals surface area contributed by atoms with E-state index < -0.39 is 6.04 Å².